The van der Waals surface area contributed by atoms with Gasteiger partial charge >= 0.3 is 0 Å². The van der Waals surface area contributed by atoms with Gasteiger partial charge in [0.1, 0.15) is 0 Å². The maximum Gasteiger partial charge on any atom is 0.223 e. The van der Waals surface area contributed by atoms with Gasteiger partial charge < -0.3 is 11.1 Å². The fourth-order valence-corrected chi connectivity index (χ4v) is 1.62. The lowest BCUT2D eigenvalue weighted by molar-refractivity contribution is -0.123. The van der Waals surface area contributed by atoms with Crippen LogP contribution in [0.2, 0.25) is 0 Å². The van der Waals surface area contributed by atoms with E-state index in [0.29, 0.717) is 12.5 Å². The zero-order chi connectivity index (χ0) is 10.8. The molecule has 0 aromatic carbocycles. The van der Waals surface area contributed by atoms with Gasteiger partial charge in [0.25, 0.3) is 0 Å². The molecule has 1 aliphatic rings. The third-order valence-electron chi connectivity index (χ3n) is 3.01. The molecular weight excluding hydrogens is 176 g/mol. The average molecular weight is 198 g/mol. The van der Waals surface area contributed by atoms with Gasteiger partial charge in [0.2, 0.25) is 5.91 Å². The summed E-state index contributed by atoms with van der Waals surface area (Å²) in [6, 6.07) is 0. The summed E-state index contributed by atoms with van der Waals surface area (Å²) >= 11 is 0. The summed E-state index contributed by atoms with van der Waals surface area (Å²) in [5.41, 5.74) is 5.63. The first-order valence-electron chi connectivity index (χ1n) is 5.44. The van der Waals surface area contributed by atoms with Crippen LogP contribution < -0.4 is 11.1 Å². The Morgan fingerprint density at radius 2 is 2.14 bits per heavy atom. The van der Waals surface area contributed by atoms with Crippen molar-refractivity contribution in [2.45, 2.75) is 33.6 Å². The first kappa shape index (κ1) is 11.5. The van der Waals surface area contributed by atoms with E-state index in [-0.39, 0.29) is 17.2 Å². The summed E-state index contributed by atoms with van der Waals surface area (Å²) in [6.07, 6.45) is 2.01. The van der Waals surface area contributed by atoms with E-state index in [9.17, 15) is 4.79 Å². The number of carbonyl (C=O) groups is 1. The third-order valence-corrected chi connectivity index (χ3v) is 3.01. The summed E-state index contributed by atoms with van der Waals surface area (Å²) in [5.74, 6) is 1.10. The molecule has 1 amide bonds. The van der Waals surface area contributed by atoms with E-state index in [2.05, 4.69) is 26.1 Å². The van der Waals surface area contributed by atoms with Crippen molar-refractivity contribution in [3.63, 3.8) is 0 Å². The van der Waals surface area contributed by atoms with Crippen molar-refractivity contribution in [1.82, 2.24) is 5.32 Å². The van der Waals surface area contributed by atoms with Gasteiger partial charge in [-0.1, -0.05) is 20.8 Å². The van der Waals surface area contributed by atoms with E-state index < -0.39 is 0 Å². The Hall–Kier alpha value is -0.570. The Balaban J connectivity index is 2.22. The summed E-state index contributed by atoms with van der Waals surface area (Å²) in [4.78, 5) is 11.5. The maximum absolute atomic E-state index is 11.5. The SMILES string of the molecule is CC1CC1C(=O)NCC(C)(C)CCN. The van der Waals surface area contributed by atoms with Gasteiger partial charge in [-0.15, -0.1) is 0 Å². The Bertz CT molecular complexity index is 213. The van der Waals surface area contributed by atoms with Gasteiger partial charge in [0.15, 0.2) is 0 Å². The number of nitrogens with one attached hydrogen (secondary N) is 1. The minimum Gasteiger partial charge on any atom is -0.355 e. The minimum absolute atomic E-state index is 0.128. The monoisotopic (exact) mass is 198 g/mol. The highest BCUT2D eigenvalue weighted by atomic mass is 16.2. The molecular formula is C11H22N2O. The van der Waals surface area contributed by atoms with Crippen molar-refractivity contribution >= 4 is 5.91 Å². The molecule has 1 rings (SSSR count). The standard InChI is InChI=1S/C11H22N2O/c1-8-6-9(8)10(14)13-7-11(2,3)4-5-12/h8-9H,4-7,12H2,1-3H3,(H,13,14). The van der Waals surface area contributed by atoms with Gasteiger partial charge in [0.05, 0.1) is 0 Å². The highest BCUT2D eigenvalue weighted by Crippen LogP contribution is 2.37. The molecule has 0 aromatic rings. The van der Waals surface area contributed by atoms with E-state index in [1.165, 1.54) is 0 Å². The van der Waals surface area contributed by atoms with Gasteiger partial charge in [-0.3, -0.25) is 4.79 Å². The predicted molar refractivity (Wildman–Crippen MR) is 57.7 cm³/mol. The van der Waals surface area contributed by atoms with E-state index in [4.69, 9.17) is 5.73 Å². The van der Waals surface area contributed by atoms with Crippen molar-refractivity contribution in [3.05, 3.63) is 0 Å². The Morgan fingerprint density at radius 1 is 1.57 bits per heavy atom. The highest BCUT2D eigenvalue weighted by Gasteiger charge is 2.39. The molecule has 0 bridgehead atoms. The zero-order valence-corrected chi connectivity index (χ0v) is 9.47. The molecule has 1 fully saturated rings. The van der Waals surface area contributed by atoms with Crippen LogP contribution in [0.1, 0.15) is 33.6 Å². The first-order valence-corrected chi connectivity index (χ1v) is 5.44. The van der Waals surface area contributed by atoms with Crippen LogP contribution in [0.15, 0.2) is 0 Å². The fraction of sp³-hybridized carbons (Fsp3) is 0.909. The van der Waals surface area contributed by atoms with E-state index in [1.54, 1.807) is 0 Å². The Labute approximate surface area is 86.4 Å². The normalized spacial score (nSPS) is 26.0. The second kappa shape index (κ2) is 4.30. The Kier molecular flexibility index (Phi) is 3.53. The summed E-state index contributed by atoms with van der Waals surface area (Å²) < 4.78 is 0. The van der Waals surface area contributed by atoms with Crippen LogP contribution in [-0.4, -0.2) is 19.0 Å². The molecule has 3 N–H and O–H groups in total. The molecule has 1 aliphatic carbocycles. The van der Waals surface area contributed by atoms with Gasteiger partial charge in [-0.2, -0.15) is 0 Å². The van der Waals surface area contributed by atoms with Crippen molar-refractivity contribution in [3.8, 4) is 0 Å². The first-order chi connectivity index (χ1) is 6.46. The van der Waals surface area contributed by atoms with Crippen molar-refractivity contribution in [1.29, 1.82) is 0 Å². The second-order valence-corrected chi connectivity index (χ2v) is 5.24. The smallest absolute Gasteiger partial charge is 0.223 e. The highest BCUT2D eigenvalue weighted by molar-refractivity contribution is 5.81. The number of amides is 1. The molecule has 82 valence electrons. The van der Waals surface area contributed by atoms with Gasteiger partial charge in [-0.05, 0) is 30.7 Å². The second-order valence-electron chi connectivity index (χ2n) is 5.24. The molecule has 3 nitrogen and oxygen atoms in total. The largest absolute Gasteiger partial charge is 0.355 e. The van der Waals surface area contributed by atoms with Crippen LogP contribution in [-0.2, 0) is 4.79 Å². The molecule has 0 aliphatic heterocycles. The summed E-state index contributed by atoms with van der Waals surface area (Å²) in [5, 5.41) is 3.01. The van der Waals surface area contributed by atoms with Crippen LogP contribution in [0.4, 0.5) is 0 Å². The van der Waals surface area contributed by atoms with Gasteiger partial charge in [-0.25, -0.2) is 0 Å². The topological polar surface area (TPSA) is 55.1 Å². The molecule has 1 saturated carbocycles. The number of rotatable bonds is 5. The molecule has 0 spiro atoms. The molecule has 0 heterocycles. The number of hydrogen-bond acceptors (Lipinski definition) is 2. The summed E-state index contributed by atoms with van der Waals surface area (Å²) in [7, 11) is 0. The average Bonchev–Trinajstić information content (AvgIpc) is 2.79. The lowest BCUT2D eigenvalue weighted by Gasteiger charge is -2.24. The number of hydrogen-bond donors (Lipinski definition) is 2. The molecule has 3 heteroatoms. The number of nitrogens with two attached hydrogens (primary N) is 1. The van der Waals surface area contributed by atoms with Crippen molar-refractivity contribution < 1.29 is 4.79 Å². The predicted octanol–water partition coefficient (Wildman–Crippen LogP) is 1.13. The molecule has 0 aromatic heterocycles. The van der Waals surface area contributed by atoms with Crippen molar-refractivity contribution in [2.75, 3.05) is 13.1 Å². The number of carbonyl (C=O) groups excluding carboxylic acids is 1. The maximum atomic E-state index is 11.5. The lowest BCUT2D eigenvalue weighted by atomic mass is 9.89. The quantitative estimate of drug-likeness (QED) is 0.696. The minimum atomic E-state index is 0.128. The van der Waals surface area contributed by atoms with Crippen LogP contribution >= 0.6 is 0 Å². The third kappa shape index (κ3) is 3.29. The Morgan fingerprint density at radius 3 is 2.57 bits per heavy atom. The van der Waals surface area contributed by atoms with Gasteiger partial charge in [0, 0.05) is 12.5 Å². The molecule has 14 heavy (non-hydrogen) atoms. The molecule has 0 radical (unpaired) electrons. The fourth-order valence-electron chi connectivity index (χ4n) is 1.62. The lowest BCUT2D eigenvalue weighted by Crippen LogP contribution is -2.36. The summed E-state index contributed by atoms with van der Waals surface area (Å²) in [6.45, 7) is 7.82. The van der Waals surface area contributed by atoms with Crippen molar-refractivity contribution in [2.24, 2.45) is 23.0 Å². The molecule has 0 saturated heterocycles. The van der Waals surface area contributed by atoms with Crippen LogP contribution in [0.5, 0.6) is 0 Å². The van der Waals surface area contributed by atoms with Crippen LogP contribution in [0.25, 0.3) is 0 Å². The zero-order valence-electron chi connectivity index (χ0n) is 9.47. The van der Waals surface area contributed by atoms with E-state index >= 15 is 0 Å². The van der Waals surface area contributed by atoms with Crippen LogP contribution in [0.3, 0.4) is 0 Å². The van der Waals surface area contributed by atoms with Crippen LogP contribution in [0, 0.1) is 17.3 Å². The van der Waals surface area contributed by atoms with E-state index in [0.717, 1.165) is 19.4 Å². The van der Waals surface area contributed by atoms with E-state index in [1.807, 2.05) is 0 Å². The molecule has 2 unspecified atom stereocenters. The molecule has 2 atom stereocenters.